The molecule has 1 rings (SSSR count). The summed E-state index contributed by atoms with van der Waals surface area (Å²) >= 11 is 0. The summed E-state index contributed by atoms with van der Waals surface area (Å²) in [6.07, 6.45) is 5.02. The molecule has 3 nitrogen and oxygen atoms in total. The highest BCUT2D eigenvalue weighted by Crippen LogP contribution is 2.16. The van der Waals surface area contributed by atoms with E-state index in [4.69, 9.17) is 10.5 Å². The Bertz CT molecular complexity index is 152. The van der Waals surface area contributed by atoms with Crippen molar-refractivity contribution >= 4 is 0 Å². The first-order valence-electron chi connectivity index (χ1n) is 5.72. The molecule has 0 bridgehead atoms. The maximum Gasteiger partial charge on any atom is 0.0477 e. The summed E-state index contributed by atoms with van der Waals surface area (Å²) in [5.41, 5.74) is 6.03. The maximum absolute atomic E-state index is 6.03. The van der Waals surface area contributed by atoms with Crippen LogP contribution in [-0.2, 0) is 4.74 Å². The summed E-state index contributed by atoms with van der Waals surface area (Å²) < 4.78 is 5.03. The van der Waals surface area contributed by atoms with Gasteiger partial charge in [0.25, 0.3) is 0 Å². The van der Waals surface area contributed by atoms with Crippen molar-refractivity contribution in [2.24, 2.45) is 5.73 Å². The Labute approximate surface area is 87.6 Å². The van der Waals surface area contributed by atoms with Gasteiger partial charge in [0.05, 0.1) is 0 Å². The topological polar surface area (TPSA) is 38.5 Å². The molecule has 0 spiro atoms. The van der Waals surface area contributed by atoms with E-state index in [1.165, 1.54) is 25.8 Å². The number of nitrogens with zero attached hydrogens (tertiary/aromatic N) is 1. The molecule has 2 atom stereocenters. The summed E-state index contributed by atoms with van der Waals surface area (Å²) in [6, 6.07) is 0.993. The first kappa shape index (κ1) is 12.0. The third kappa shape index (κ3) is 3.95. The van der Waals surface area contributed by atoms with E-state index in [-0.39, 0.29) is 6.04 Å². The molecule has 1 saturated heterocycles. The van der Waals surface area contributed by atoms with Gasteiger partial charge >= 0.3 is 0 Å². The number of likely N-dealkylation sites (tertiary alicyclic amines) is 1. The van der Waals surface area contributed by atoms with Crippen LogP contribution >= 0.6 is 0 Å². The molecule has 1 aliphatic heterocycles. The van der Waals surface area contributed by atoms with E-state index in [1.807, 2.05) is 0 Å². The lowest BCUT2D eigenvalue weighted by molar-refractivity contribution is 0.135. The van der Waals surface area contributed by atoms with E-state index in [1.54, 1.807) is 7.11 Å². The first-order valence-corrected chi connectivity index (χ1v) is 5.72. The van der Waals surface area contributed by atoms with E-state index in [9.17, 15) is 0 Å². The quantitative estimate of drug-likeness (QED) is 0.725. The number of ether oxygens (including phenoxy) is 1. The van der Waals surface area contributed by atoms with E-state index >= 15 is 0 Å². The second-order valence-corrected chi connectivity index (χ2v) is 4.38. The summed E-state index contributed by atoms with van der Waals surface area (Å²) in [6.45, 7) is 5.35. The normalized spacial score (nSPS) is 26.4. The van der Waals surface area contributed by atoms with Crippen LogP contribution in [0.3, 0.4) is 0 Å². The molecule has 1 aliphatic rings. The molecule has 1 heterocycles. The summed E-state index contributed by atoms with van der Waals surface area (Å²) in [7, 11) is 1.73. The molecule has 0 aromatic rings. The van der Waals surface area contributed by atoms with Crippen LogP contribution in [0.5, 0.6) is 0 Å². The highest BCUT2D eigenvalue weighted by atomic mass is 16.5. The van der Waals surface area contributed by atoms with Gasteiger partial charge in [0.1, 0.15) is 0 Å². The molecular weight excluding hydrogens is 176 g/mol. The summed E-state index contributed by atoms with van der Waals surface area (Å²) in [4.78, 5) is 2.52. The lowest BCUT2D eigenvalue weighted by atomic mass is 10.0. The zero-order chi connectivity index (χ0) is 10.4. The number of methoxy groups -OCH3 is 1. The van der Waals surface area contributed by atoms with Crippen molar-refractivity contribution in [1.29, 1.82) is 0 Å². The zero-order valence-corrected chi connectivity index (χ0v) is 9.54. The second kappa shape index (κ2) is 6.38. The second-order valence-electron chi connectivity index (χ2n) is 4.38. The van der Waals surface area contributed by atoms with Crippen molar-refractivity contribution in [3.8, 4) is 0 Å². The van der Waals surface area contributed by atoms with E-state index in [0.29, 0.717) is 0 Å². The van der Waals surface area contributed by atoms with Crippen LogP contribution in [0, 0.1) is 0 Å². The van der Waals surface area contributed by atoms with Crippen LogP contribution in [0.25, 0.3) is 0 Å². The molecule has 14 heavy (non-hydrogen) atoms. The molecule has 0 saturated carbocycles. The van der Waals surface area contributed by atoms with Gasteiger partial charge in [0, 0.05) is 32.3 Å². The van der Waals surface area contributed by atoms with Crippen molar-refractivity contribution < 1.29 is 4.74 Å². The van der Waals surface area contributed by atoms with Gasteiger partial charge < -0.3 is 10.5 Å². The van der Waals surface area contributed by atoms with Crippen LogP contribution in [0.4, 0.5) is 0 Å². The van der Waals surface area contributed by atoms with Gasteiger partial charge in [-0.2, -0.15) is 0 Å². The molecule has 1 fully saturated rings. The number of hydrogen-bond acceptors (Lipinski definition) is 3. The Hall–Kier alpha value is -0.120. The fourth-order valence-corrected chi connectivity index (χ4v) is 2.09. The largest absolute Gasteiger partial charge is 0.385 e. The molecule has 2 N–H and O–H groups in total. The van der Waals surface area contributed by atoms with Crippen molar-refractivity contribution in [3.63, 3.8) is 0 Å². The molecule has 0 aromatic carbocycles. The van der Waals surface area contributed by atoms with E-state index < -0.39 is 0 Å². The number of piperidine rings is 1. The van der Waals surface area contributed by atoms with Gasteiger partial charge in [0.2, 0.25) is 0 Å². The number of hydrogen-bond donors (Lipinski definition) is 1. The minimum atomic E-state index is 0.274. The molecule has 2 unspecified atom stereocenters. The minimum Gasteiger partial charge on any atom is -0.385 e. The van der Waals surface area contributed by atoms with Crippen molar-refractivity contribution in [3.05, 3.63) is 0 Å². The van der Waals surface area contributed by atoms with Gasteiger partial charge in [-0.3, -0.25) is 4.90 Å². The van der Waals surface area contributed by atoms with E-state index in [2.05, 4.69) is 11.8 Å². The molecular formula is C11H24N2O. The van der Waals surface area contributed by atoms with Gasteiger partial charge in [-0.05, 0) is 32.7 Å². The lowest BCUT2D eigenvalue weighted by Gasteiger charge is -2.35. The molecule has 0 amide bonds. The lowest BCUT2D eigenvalue weighted by Crippen LogP contribution is -2.45. The fourth-order valence-electron chi connectivity index (χ4n) is 2.09. The molecule has 0 radical (unpaired) electrons. The maximum atomic E-state index is 6.03. The SMILES string of the molecule is COCCC(N)CN1CCCCC1C. The predicted molar refractivity (Wildman–Crippen MR) is 59.4 cm³/mol. The highest BCUT2D eigenvalue weighted by molar-refractivity contribution is 4.77. The van der Waals surface area contributed by atoms with Gasteiger partial charge in [-0.1, -0.05) is 6.42 Å². The average molecular weight is 200 g/mol. The third-order valence-corrected chi connectivity index (χ3v) is 3.10. The van der Waals surface area contributed by atoms with Crippen molar-refractivity contribution in [1.82, 2.24) is 4.90 Å². The standard InChI is InChI=1S/C11H24N2O/c1-10-5-3-4-7-13(10)9-11(12)6-8-14-2/h10-11H,3-9,12H2,1-2H3. The molecule has 0 aromatic heterocycles. The molecule has 84 valence electrons. The first-order chi connectivity index (χ1) is 6.74. The van der Waals surface area contributed by atoms with Crippen LogP contribution in [0.2, 0.25) is 0 Å². The summed E-state index contributed by atoms with van der Waals surface area (Å²) in [5, 5.41) is 0. The Morgan fingerprint density at radius 3 is 2.93 bits per heavy atom. The highest BCUT2D eigenvalue weighted by Gasteiger charge is 2.19. The van der Waals surface area contributed by atoms with Crippen LogP contribution in [0.1, 0.15) is 32.6 Å². The smallest absolute Gasteiger partial charge is 0.0477 e. The average Bonchev–Trinajstić information content (AvgIpc) is 2.18. The Kier molecular flexibility index (Phi) is 5.45. The Morgan fingerprint density at radius 2 is 2.29 bits per heavy atom. The molecule has 0 aliphatic carbocycles. The van der Waals surface area contributed by atoms with Gasteiger partial charge in [-0.15, -0.1) is 0 Å². The zero-order valence-electron chi connectivity index (χ0n) is 9.54. The monoisotopic (exact) mass is 200 g/mol. The van der Waals surface area contributed by atoms with E-state index in [0.717, 1.165) is 25.6 Å². The van der Waals surface area contributed by atoms with Crippen LogP contribution < -0.4 is 5.73 Å². The number of nitrogens with two attached hydrogens (primary N) is 1. The van der Waals surface area contributed by atoms with Crippen molar-refractivity contribution in [2.45, 2.75) is 44.7 Å². The van der Waals surface area contributed by atoms with Crippen LogP contribution in [-0.4, -0.2) is 43.8 Å². The van der Waals surface area contributed by atoms with Crippen LogP contribution in [0.15, 0.2) is 0 Å². The predicted octanol–water partition coefficient (Wildman–Crippen LogP) is 1.22. The fraction of sp³-hybridized carbons (Fsp3) is 1.00. The van der Waals surface area contributed by atoms with Crippen molar-refractivity contribution in [2.75, 3.05) is 26.8 Å². The molecule has 3 heteroatoms. The van der Waals surface area contributed by atoms with Gasteiger partial charge in [0.15, 0.2) is 0 Å². The summed E-state index contributed by atoms with van der Waals surface area (Å²) in [5.74, 6) is 0. The minimum absolute atomic E-state index is 0.274. The third-order valence-electron chi connectivity index (χ3n) is 3.10. The van der Waals surface area contributed by atoms with Gasteiger partial charge in [-0.25, -0.2) is 0 Å². The Balaban J connectivity index is 2.20. The Morgan fingerprint density at radius 1 is 1.50 bits per heavy atom. The number of rotatable bonds is 5.